The predicted octanol–water partition coefficient (Wildman–Crippen LogP) is 15.7. The normalized spacial score (nSPS) is 17.6. The van der Waals surface area contributed by atoms with Crippen LogP contribution in [0.3, 0.4) is 0 Å². The van der Waals surface area contributed by atoms with Crippen molar-refractivity contribution < 1.29 is 0 Å². The molecule has 3 atom stereocenters. The van der Waals surface area contributed by atoms with E-state index in [4.69, 9.17) is 19.9 Å². The lowest BCUT2D eigenvalue weighted by Gasteiger charge is -2.27. The lowest BCUT2D eigenvalue weighted by molar-refractivity contribution is 0.606. The summed E-state index contributed by atoms with van der Waals surface area (Å²) in [4.78, 5) is 23.6. The largest absolute Gasteiger partial charge is 0.294 e. The zero-order chi connectivity index (χ0) is 51.2. The topological polar surface area (TPSA) is 66.3 Å². The maximum atomic E-state index is 5.66. The molecular formula is C69H45N7S2. The minimum atomic E-state index is -0.0653. The van der Waals surface area contributed by atoms with E-state index in [1.165, 1.54) is 46.6 Å². The molecule has 1 aliphatic heterocycles. The van der Waals surface area contributed by atoms with E-state index in [0.29, 0.717) is 17.7 Å². The molecule has 0 N–H and O–H groups in total. The summed E-state index contributed by atoms with van der Waals surface area (Å²) < 4.78 is 9.45. The highest BCUT2D eigenvalue weighted by molar-refractivity contribution is 8.00. The predicted molar refractivity (Wildman–Crippen MR) is 324 cm³/mol. The molecule has 3 unspecified atom stereocenters. The third kappa shape index (κ3) is 6.40. The molecule has 78 heavy (non-hydrogen) atoms. The van der Waals surface area contributed by atoms with Crippen molar-refractivity contribution in [3.8, 4) is 40.4 Å². The molecule has 0 saturated heterocycles. The minimum absolute atomic E-state index is 0.0653. The number of aromatic nitrogens is 7. The summed E-state index contributed by atoms with van der Waals surface area (Å²) in [6.45, 7) is 2.38. The first-order valence-electron chi connectivity index (χ1n) is 26.7. The van der Waals surface area contributed by atoms with Crippen LogP contribution in [0.25, 0.3) is 128 Å². The third-order valence-electron chi connectivity index (χ3n) is 16.6. The van der Waals surface area contributed by atoms with Gasteiger partial charge in [0.05, 0.1) is 38.8 Å². The number of benzene rings is 8. The minimum Gasteiger partial charge on any atom is -0.294 e. The van der Waals surface area contributed by atoms with Crippen LogP contribution in [0.5, 0.6) is 0 Å². The molecule has 17 rings (SSSR count). The maximum absolute atomic E-state index is 5.66. The van der Waals surface area contributed by atoms with E-state index in [1.54, 1.807) is 0 Å². The Labute approximate surface area is 456 Å². The second-order valence-corrected chi connectivity index (χ2v) is 23.3. The first-order chi connectivity index (χ1) is 38.5. The number of hydrogen-bond donors (Lipinski definition) is 0. The van der Waals surface area contributed by atoms with E-state index in [1.807, 2.05) is 23.1 Å². The Bertz CT molecular complexity index is 4820. The SMILES string of the molecule is CC1(c2cccc3c4c(sc23)=CC2c3cc(-c5cccc(-n6c7ccccc7c7ccccc76)n5)cc(-c5nc(-n6c7ccccc7c7ccccc76)nc(-n6c7ccccc7c7ccccc76)n5)c3SC2C=4)C=CC=CC1. The van der Waals surface area contributed by atoms with Gasteiger partial charge in [0.1, 0.15) is 5.82 Å². The number of pyridine rings is 1. The average molecular weight is 1040 g/mol. The Hall–Kier alpha value is -9.15. The number of hydrogen-bond acceptors (Lipinski definition) is 6. The van der Waals surface area contributed by atoms with Gasteiger partial charge in [-0.05, 0) is 83.4 Å². The summed E-state index contributed by atoms with van der Waals surface area (Å²) in [6.07, 6.45) is 15.2. The van der Waals surface area contributed by atoms with E-state index in [-0.39, 0.29) is 16.6 Å². The lowest BCUT2D eigenvalue weighted by Crippen LogP contribution is -2.28. The zero-order valence-corrected chi connectivity index (χ0v) is 43.9. The fraction of sp³-hybridized carbons (Fsp3) is 0.0725. The monoisotopic (exact) mass is 1040 g/mol. The number of thioether (sulfide) groups is 1. The molecule has 0 saturated carbocycles. The third-order valence-corrected chi connectivity index (χ3v) is 19.3. The van der Waals surface area contributed by atoms with Crippen LogP contribution < -0.4 is 9.75 Å². The molecule has 0 radical (unpaired) electrons. The molecule has 0 bridgehead atoms. The molecule has 0 fully saturated rings. The van der Waals surface area contributed by atoms with Gasteiger partial charge in [-0.25, -0.2) is 4.98 Å². The van der Waals surface area contributed by atoms with Crippen LogP contribution in [0, 0.1) is 0 Å². The van der Waals surface area contributed by atoms with Gasteiger partial charge in [-0.1, -0.05) is 177 Å². The zero-order valence-electron chi connectivity index (χ0n) is 42.2. The van der Waals surface area contributed by atoms with Gasteiger partial charge in [-0.3, -0.25) is 13.7 Å². The van der Waals surface area contributed by atoms with Gasteiger partial charge >= 0.3 is 0 Å². The van der Waals surface area contributed by atoms with E-state index in [9.17, 15) is 0 Å². The molecule has 14 aromatic rings. The van der Waals surface area contributed by atoms with E-state index < -0.39 is 0 Å². The van der Waals surface area contributed by atoms with Crippen molar-refractivity contribution in [2.75, 3.05) is 0 Å². The number of rotatable bonds is 6. The fourth-order valence-corrected chi connectivity index (χ4v) is 15.9. The van der Waals surface area contributed by atoms with Crippen LogP contribution in [-0.2, 0) is 5.41 Å². The molecule has 0 spiro atoms. The average Bonchev–Trinajstić information content (AvgIpc) is 4.41. The summed E-state index contributed by atoms with van der Waals surface area (Å²) >= 11 is 3.87. The molecule has 9 heteroatoms. The number of thiophene rings is 1. The number of nitrogens with zero attached hydrogens (tertiary/aromatic N) is 7. The molecule has 3 aliphatic rings. The second kappa shape index (κ2) is 16.7. The Kier molecular flexibility index (Phi) is 9.41. The summed E-state index contributed by atoms with van der Waals surface area (Å²) in [6, 6.07) is 69.7. The van der Waals surface area contributed by atoms with Crippen LogP contribution >= 0.6 is 23.1 Å². The van der Waals surface area contributed by atoms with Crippen molar-refractivity contribution in [2.45, 2.75) is 34.8 Å². The number of fused-ring (bicyclic) bond motifs is 15. The van der Waals surface area contributed by atoms with Crippen molar-refractivity contribution in [2.24, 2.45) is 0 Å². The molecule has 8 aromatic carbocycles. The molecule has 368 valence electrons. The van der Waals surface area contributed by atoms with Crippen molar-refractivity contribution >= 4 is 111 Å². The first kappa shape index (κ1) is 44.0. The van der Waals surface area contributed by atoms with Crippen LogP contribution in [0.2, 0.25) is 0 Å². The Morgan fingerprint density at radius 3 is 1.58 bits per heavy atom. The highest BCUT2D eigenvalue weighted by atomic mass is 32.2. The van der Waals surface area contributed by atoms with E-state index in [2.05, 4.69) is 251 Å². The molecule has 7 heterocycles. The van der Waals surface area contributed by atoms with Gasteiger partial charge in [-0.15, -0.1) is 23.1 Å². The van der Waals surface area contributed by atoms with E-state index in [0.717, 1.165) is 83.7 Å². The highest BCUT2D eigenvalue weighted by Gasteiger charge is 2.37. The first-order valence-corrected chi connectivity index (χ1v) is 28.4. The van der Waals surface area contributed by atoms with Crippen LogP contribution in [0.15, 0.2) is 223 Å². The van der Waals surface area contributed by atoms with Crippen LogP contribution in [0.1, 0.15) is 30.4 Å². The summed E-state index contributed by atoms with van der Waals surface area (Å²) in [7, 11) is 0. The quantitative estimate of drug-likeness (QED) is 0.166. The lowest BCUT2D eigenvalue weighted by atomic mass is 9.77. The summed E-state index contributed by atoms with van der Waals surface area (Å²) in [5.41, 5.74) is 11.8. The van der Waals surface area contributed by atoms with Gasteiger partial charge < -0.3 is 0 Å². The Morgan fingerprint density at radius 1 is 0.500 bits per heavy atom. The number of para-hydroxylation sites is 6. The maximum Gasteiger partial charge on any atom is 0.240 e. The summed E-state index contributed by atoms with van der Waals surface area (Å²) in [5.74, 6) is 2.67. The van der Waals surface area contributed by atoms with Gasteiger partial charge in [-0.2, -0.15) is 15.0 Å². The van der Waals surface area contributed by atoms with Crippen molar-refractivity contribution in [3.05, 3.63) is 239 Å². The van der Waals surface area contributed by atoms with Crippen molar-refractivity contribution in [1.82, 2.24) is 33.6 Å². The number of allylic oxidation sites excluding steroid dienone is 4. The van der Waals surface area contributed by atoms with Crippen LogP contribution in [0.4, 0.5) is 0 Å². The smallest absolute Gasteiger partial charge is 0.240 e. The Morgan fingerprint density at radius 2 is 1.03 bits per heavy atom. The molecule has 2 aliphatic carbocycles. The Balaban J connectivity index is 0.933. The van der Waals surface area contributed by atoms with Gasteiger partial charge in [0.25, 0.3) is 0 Å². The molecule has 0 amide bonds. The molecular weight excluding hydrogens is 991 g/mol. The van der Waals surface area contributed by atoms with Gasteiger partial charge in [0.2, 0.25) is 11.9 Å². The van der Waals surface area contributed by atoms with E-state index >= 15 is 0 Å². The van der Waals surface area contributed by atoms with Crippen LogP contribution in [-0.4, -0.2) is 38.9 Å². The van der Waals surface area contributed by atoms with Gasteiger partial charge in [0.15, 0.2) is 5.82 Å². The van der Waals surface area contributed by atoms with Gasteiger partial charge in [0, 0.05) is 79.5 Å². The molecule has 7 nitrogen and oxygen atoms in total. The highest BCUT2D eigenvalue weighted by Crippen LogP contribution is 2.53. The molecule has 6 aromatic heterocycles. The second-order valence-electron chi connectivity index (χ2n) is 21.1. The van der Waals surface area contributed by atoms with Crippen molar-refractivity contribution in [3.63, 3.8) is 0 Å². The standard InChI is InChI=1S/C69H45N7S2/c1-69(35-15-2-16-36-69)53-26-17-25-48-49-39-62-50(40-61(49)78-65(48)53)51-37-41(54-27-18-34-63(70-54)74-55-28-9-3-19-42(55)43-20-4-10-29-56(43)74)38-52(64(51)77-62)66-71-67(75-57-30-11-5-21-44(57)45-22-6-12-31-58(45)75)73-68(72-66)76-59-32-13-7-23-46(59)47-24-8-14-33-60(47)76/h2-35,37-40,50,62H,36H2,1H3. The summed E-state index contributed by atoms with van der Waals surface area (Å²) in [5, 5.41) is 9.79. The fourth-order valence-electron chi connectivity index (χ4n) is 13.0. The van der Waals surface area contributed by atoms with Crippen molar-refractivity contribution in [1.29, 1.82) is 0 Å².